The SMILES string of the molecule is O=C1C(=Cc2cccc(C(F)(F)F)c2)SC(c2cccc(Cl)c2)N1CCCN1CCN(c2ccccn2)CC1. The Morgan fingerprint density at radius 2 is 1.77 bits per heavy atom. The van der Waals surface area contributed by atoms with Crippen molar-refractivity contribution in [3.63, 3.8) is 0 Å². The van der Waals surface area contributed by atoms with Crippen LogP contribution in [-0.2, 0) is 11.0 Å². The largest absolute Gasteiger partial charge is 0.416 e. The Morgan fingerprint density at radius 1 is 0.974 bits per heavy atom. The van der Waals surface area contributed by atoms with Crippen molar-refractivity contribution >= 4 is 41.2 Å². The fourth-order valence-corrected chi connectivity index (χ4v) is 6.34. The summed E-state index contributed by atoms with van der Waals surface area (Å²) in [4.78, 5) is 24.8. The zero-order valence-electron chi connectivity index (χ0n) is 21.1. The van der Waals surface area contributed by atoms with Gasteiger partial charge in [-0.25, -0.2) is 4.98 Å². The second-order valence-corrected chi connectivity index (χ2v) is 11.1. The molecule has 0 aliphatic carbocycles. The van der Waals surface area contributed by atoms with Gasteiger partial charge in [-0.1, -0.05) is 53.7 Å². The lowest BCUT2D eigenvalue weighted by Crippen LogP contribution is -2.47. The third-order valence-electron chi connectivity index (χ3n) is 6.86. The summed E-state index contributed by atoms with van der Waals surface area (Å²) in [7, 11) is 0. The molecule has 0 bridgehead atoms. The number of piperazine rings is 1. The van der Waals surface area contributed by atoms with Crippen molar-refractivity contribution in [1.82, 2.24) is 14.8 Å². The monoisotopic (exact) mass is 572 g/mol. The van der Waals surface area contributed by atoms with Crippen molar-refractivity contribution < 1.29 is 18.0 Å². The number of benzene rings is 2. The van der Waals surface area contributed by atoms with E-state index in [-0.39, 0.29) is 11.3 Å². The van der Waals surface area contributed by atoms with Gasteiger partial charge in [-0.15, -0.1) is 0 Å². The average molecular weight is 573 g/mol. The number of halogens is 4. The number of hydrogen-bond donors (Lipinski definition) is 0. The Hall–Kier alpha value is -3.01. The molecule has 0 N–H and O–H groups in total. The van der Waals surface area contributed by atoms with Crippen molar-refractivity contribution in [2.45, 2.75) is 18.0 Å². The van der Waals surface area contributed by atoms with Crippen LogP contribution in [0.25, 0.3) is 6.08 Å². The van der Waals surface area contributed by atoms with Crippen LogP contribution in [0.1, 0.15) is 28.5 Å². The first kappa shape index (κ1) is 27.6. The van der Waals surface area contributed by atoms with Crippen LogP contribution in [0.4, 0.5) is 19.0 Å². The van der Waals surface area contributed by atoms with Crippen LogP contribution in [0.5, 0.6) is 0 Å². The van der Waals surface area contributed by atoms with Crippen LogP contribution in [0, 0.1) is 0 Å². The predicted molar refractivity (Wildman–Crippen MR) is 150 cm³/mol. The van der Waals surface area contributed by atoms with Gasteiger partial charge in [-0.05, 0) is 66.6 Å². The van der Waals surface area contributed by atoms with Gasteiger partial charge in [-0.2, -0.15) is 13.2 Å². The number of amides is 1. The van der Waals surface area contributed by atoms with Crippen LogP contribution >= 0.6 is 23.4 Å². The maximum Gasteiger partial charge on any atom is 0.416 e. The van der Waals surface area contributed by atoms with Crippen molar-refractivity contribution in [3.8, 4) is 0 Å². The molecule has 5 nitrogen and oxygen atoms in total. The standard InChI is InChI=1S/C29H28ClF3N4OS/c30-24-9-4-7-22(20-24)28-37(13-5-12-35-14-16-36(17-15-35)26-10-1-2-11-34-26)27(38)25(39-28)19-21-6-3-8-23(18-21)29(31,32)33/h1-4,6-11,18-20,28H,5,12-17H2. The number of carbonyl (C=O) groups excluding carboxylic acids is 1. The highest BCUT2D eigenvalue weighted by atomic mass is 35.5. The third-order valence-corrected chi connectivity index (χ3v) is 8.39. The Bertz CT molecular complexity index is 1330. The molecule has 204 valence electrons. The van der Waals surface area contributed by atoms with Crippen LogP contribution < -0.4 is 4.90 Å². The molecule has 5 rings (SSSR count). The average Bonchev–Trinajstić information content (AvgIpc) is 3.24. The zero-order chi connectivity index (χ0) is 27.4. The number of thioether (sulfide) groups is 1. The number of alkyl halides is 3. The maximum absolute atomic E-state index is 13.5. The van der Waals surface area contributed by atoms with E-state index in [0.717, 1.165) is 62.7 Å². The summed E-state index contributed by atoms with van der Waals surface area (Å²) >= 11 is 7.60. The topological polar surface area (TPSA) is 39.7 Å². The van der Waals surface area contributed by atoms with Gasteiger partial charge in [0.1, 0.15) is 11.2 Å². The Balaban J connectivity index is 1.26. The van der Waals surface area contributed by atoms with E-state index < -0.39 is 11.7 Å². The zero-order valence-corrected chi connectivity index (χ0v) is 22.7. The summed E-state index contributed by atoms with van der Waals surface area (Å²) in [6, 6.07) is 18.4. The Morgan fingerprint density at radius 3 is 2.49 bits per heavy atom. The Labute approximate surface area is 235 Å². The molecule has 1 amide bonds. The number of hydrogen-bond acceptors (Lipinski definition) is 5. The summed E-state index contributed by atoms with van der Waals surface area (Å²) in [5, 5.41) is 0.274. The van der Waals surface area contributed by atoms with E-state index >= 15 is 0 Å². The van der Waals surface area contributed by atoms with Gasteiger partial charge in [-0.3, -0.25) is 9.69 Å². The molecule has 39 heavy (non-hydrogen) atoms. The van der Waals surface area contributed by atoms with Crippen molar-refractivity contribution in [1.29, 1.82) is 0 Å². The first-order valence-electron chi connectivity index (χ1n) is 12.8. The smallest absolute Gasteiger partial charge is 0.354 e. The van der Waals surface area contributed by atoms with E-state index in [4.69, 9.17) is 11.6 Å². The van der Waals surface area contributed by atoms with E-state index in [2.05, 4.69) is 14.8 Å². The number of nitrogens with zero attached hydrogens (tertiary/aromatic N) is 4. The molecule has 2 aliphatic rings. The molecule has 3 aromatic rings. The molecule has 10 heteroatoms. The van der Waals surface area contributed by atoms with Gasteiger partial charge in [0, 0.05) is 43.9 Å². The lowest BCUT2D eigenvalue weighted by atomic mass is 10.1. The normalized spacial score (nSPS) is 19.7. The highest BCUT2D eigenvalue weighted by Gasteiger charge is 2.37. The number of aromatic nitrogens is 1. The number of rotatable bonds is 7. The third kappa shape index (κ3) is 6.77. The molecule has 2 fully saturated rings. The molecule has 0 saturated carbocycles. The molecule has 0 radical (unpaired) electrons. The summed E-state index contributed by atoms with van der Waals surface area (Å²) in [5.41, 5.74) is 0.495. The first-order chi connectivity index (χ1) is 18.8. The fourth-order valence-electron chi connectivity index (χ4n) is 4.87. The van der Waals surface area contributed by atoms with Crippen LogP contribution in [-0.4, -0.2) is 60.0 Å². The molecule has 1 aromatic heterocycles. The molecule has 1 unspecified atom stereocenters. The quantitative estimate of drug-likeness (QED) is 0.299. The fraction of sp³-hybridized carbons (Fsp3) is 0.310. The van der Waals surface area contributed by atoms with Crippen molar-refractivity contribution in [2.24, 2.45) is 0 Å². The minimum Gasteiger partial charge on any atom is -0.354 e. The van der Waals surface area contributed by atoms with Gasteiger partial charge in [0.25, 0.3) is 5.91 Å². The second-order valence-electron chi connectivity index (χ2n) is 9.53. The summed E-state index contributed by atoms with van der Waals surface area (Å²) in [6.07, 6.45) is -0.306. The van der Waals surface area contributed by atoms with Gasteiger partial charge >= 0.3 is 6.18 Å². The predicted octanol–water partition coefficient (Wildman–Crippen LogP) is 6.58. The summed E-state index contributed by atoms with van der Waals surface area (Å²) in [6.45, 7) is 4.99. The summed E-state index contributed by atoms with van der Waals surface area (Å²) < 4.78 is 39.7. The minimum atomic E-state index is -4.44. The lowest BCUT2D eigenvalue weighted by Gasteiger charge is -2.35. The van der Waals surface area contributed by atoms with Gasteiger partial charge in [0.15, 0.2) is 0 Å². The van der Waals surface area contributed by atoms with Crippen LogP contribution in [0.2, 0.25) is 5.02 Å². The van der Waals surface area contributed by atoms with E-state index in [9.17, 15) is 18.0 Å². The molecular weight excluding hydrogens is 545 g/mol. The molecule has 2 aliphatic heterocycles. The van der Waals surface area contributed by atoms with E-state index in [1.807, 2.05) is 36.4 Å². The van der Waals surface area contributed by atoms with Crippen molar-refractivity contribution in [2.75, 3.05) is 44.2 Å². The van der Waals surface area contributed by atoms with Gasteiger partial charge in [0.2, 0.25) is 0 Å². The van der Waals surface area contributed by atoms with E-state index in [1.54, 1.807) is 29.3 Å². The first-order valence-corrected chi connectivity index (χ1v) is 14.0. The van der Waals surface area contributed by atoms with Crippen molar-refractivity contribution in [3.05, 3.63) is 99.5 Å². The molecule has 2 saturated heterocycles. The molecule has 1 atom stereocenters. The minimum absolute atomic E-state index is 0.178. The molecule has 2 aromatic carbocycles. The van der Waals surface area contributed by atoms with Crippen LogP contribution in [0.3, 0.4) is 0 Å². The van der Waals surface area contributed by atoms with E-state index in [1.165, 1.54) is 17.8 Å². The molecular formula is C29H28ClF3N4OS. The lowest BCUT2D eigenvalue weighted by molar-refractivity contribution is -0.137. The highest BCUT2D eigenvalue weighted by molar-refractivity contribution is 8.04. The summed E-state index contributed by atoms with van der Waals surface area (Å²) in [5.74, 6) is 0.809. The number of anilines is 1. The number of pyridine rings is 1. The molecule has 3 heterocycles. The molecule has 0 spiro atoms. The Kier molecular flexibility index (Phi) is 8.49. The van der Waals surface area contributed by atoms with Crippen LogP contribution in [0.15, 0.2) is 77.8 Å². The second kappa shape index (κ2) is 12.0. The number of carbonyl (C=O) groups is 1. The van der Waals surface area contributed by atoms with E-state index in [0.29, 0.717) is 22.0 Å². The van der Waals surface area contributed by atoms with Gasteiger partial charge in [0.05, 0.1) is 10.5 Å². The maximum atomic E-state index is 13.5. The highest BCUT2D eigenvalue weighted by Crippen LogP contribution is 2.46. The van der Waals surface area contributed by atoms with Gasteiger partial charge < -0.3 is 9.80 Å².